The van der Waals surface area contributed by atoms with Crippen LogP contribution in [-0.2, 0) is 20.6 Å². The molecule has 0 saturated heterocycles. The molecule has 0 aliphatic heterocycles. The lowest BCUT2D eigenvalue weighted by Crippen LogP contribution is -2.30. The second kappa shape index (κ2) is 6.63. The molecule has 1 aromatic carbocycles. The van der Waals surface area contributed by atoms with Crippen LogP contribution in [0.1, 0.15) is 24.1 Å². The molecule has 0 saturated carbocycles. The maximum Gasteiger partial charge on any atom is 0.148 e. The zero-order valence-electron chi connectivity index (χ0n) is 11.5. The summed E-state index contributed by atoms with van der Waals surface area (Å²) in [5, 5.41) is -0.274. The molecular weight excluding hydrogens is 282 g/mol. The van der Waals surface area contributed by atoms with Gasteiger partial charge in [-0.15, -0.1) is 0 Å². The highest BCUT2D eigenvalue weighted by Gasteiger charge is 2.21. The van der Waals surface area contributed by atoms with E-state index >= 15 is 0 Å². The van der Waals surface area contributed by atoms with E-state index in [4.69, 9.17) is 5.73 Å². The highest BCUT2D eigenvalue weighted by Crippen LogP contribution is 2.18. The van der Waals surface area contributed by atoms with Crippen molar-refractivity contribution in [1.82, 2.24) is 0 Å². The van der Waals surface area contributed by atoms with Crippen molar-refractivity contribution in [3.05, 3.63) is 35.4 Å². The van der Waals surface area contributed by atoms with E-state index in [-0.39, 0.29) is 22.8 Å². The molecule has 0 aromatic heterocycles. The van der Waals surface area contributed by atoms with Gasteiger partial charge in [-0.25, -0.2) is 8.42 Å². The highest BCUT2D eigenvalue weighted by atomic mass is 32.2. The Hall–Kier alpha value is -0.720. The molecule has 0 radical (unpaired) electrons. The summed E-state index contributed by atoms with van der Waals surface area (Å²) < 4.78 is 34.2. The number of hydrogen-bond donors (Lipinski definition) is 1. The minimum Gasteiger partial charge on any atom is -0.323 e. The van der Waals surface area contributed by atoms with Gasteiger partial charge in [-0.1, -0.05) is 29.8 Å². The maximum atomic E-state index is 12.0. The third-order valence-electron chi connectivity index (χ3n) is 3.04. The van der Waals surface area contributed by atoms with Gasteiger partial charge in [-0.3, -0.25) is 4.21 Å². The molecule has 0 aliphatic carbocycles. The second-order valence-corrected chi connectivity index (χ2v) is 9.03. The molecule has 2 N–H and O–H groups in total. The predicted molar refractivity (Wildman–Crippen MR) is 80.3 cm³/mol. The first-order chi connectivity index (χ1) is 8.70. The highest BCUT2D eigenvalue weighted by molar-refractivity contribution is 7.92. The molecule has 108 valence electrons. The molecule has 0 aliphatic rings. The van der Waals surface area contributed by atoms with Crippen molar-refractivity contribution in [3.8, 4) is 0 Å². The fraction of sp³-hybridized carbons (Fsp3) is 0.538. The third-order valence-corrected chi connectivity index (χ3v) is 5.97. The van der Waals surface area contributed by atoms with Gasteiger partial charge in [0.25, 0.3) is 0 Å². The third kappa shape index (κ3) is 5.42. The lowest BCUT2D eigenvalue weighted by Gasteiger charge is -2.20. The summed E-state index contributed by atoms with van der Waals surface area (Å²) in [5.74, 6) is 0.0735. The van der Waals surface area contributed by atoms with Gasteiger partial charge in [0, 0.05) is 28.9 Å². The number of benzene rings is 1. The van der Waals surface area contributed by atoms with Gasteiger partial charge >= 0.3 is 0 Å². The van der Waals surface area contributed by atoms with Crippen LogP contribution in [0.4, 0.5) is 0 Å². The first kappa shape index (κ1) is 16.3. The Kier molecular flexibility index (Phi) is 5.70. The molecule has 19 heavy (non-hydrogen) atoms. The van der Waals surface area contributed by atoms with E-state index in [0.717, 1.165) is 17.4 Å². The predicted octanol–water partition coefficient (Wildman–Crippen LogP) is 1.18. The SMILES string of the molecule is Cc1ccc(C(N)C(C)S(=O)CCS(C)(=O)=O)cc1. The van der Waals surface area contributed by atoms with Crippen molar-refractivity contribution in [2.24, 2.45) is 5.73 Å². The van der Waals surface area contributed by atoms with Crippen molar-refractivity contribution < 1.29 is 12.6 Å². The van der Waals surface area contributed by atoms with Gasteiger partial charge in [-0.05, 0) is 19.4 Å². The quantitative estimate of drug-likeness (QED) is 0.856. The Bertz CT molecular complexity index is 538. The summed E-state index contributed by atoms with van der Waals surface area (Å²) in [5.41, 5.74) is 8.15. The van der Waals surface area contributed by atoms with Crippen LogP contribution in [0.25, 0.3) is 0 Å². The minimum atomic E-state index is -3.08. The molecular formula is C13H21NO3S2. The van der Waals surface area contributed by atoms with E-state index in [1.807, 2.05) is 31.2 Å². The maximum absolute atomic E-state index is 12.0. The zero-order valence-corrected chi connectivity index (χ0v) is 13.1. The van der Waals surface area contributed by atoms with E-state index in [0.29, 0.717) is 0 Å². The summed E-state index contributed by atoms with van der Waals surface area (Å²) in [6.07, 6.45) is 1.15. The first-order valence-corrected chi connectivity index (χ1v) is 9.52. The molecule has 1 rings (SSSR count). The largest absolute Gasteiger partial charge is 0.323 e. The van der Waals surface area contributed by atoms with Gasteiger partial charge in [0.1, 0.15) is 9.84 Å². The van der Waals surface area contributed by atoms with E-state index in [1.165, 1.54) is 0 Å². The normalized spacial score (nSPS) is 16.8. The topological polar surface area (TPSA) is 77.2 Å². The average molecular weight is 303 g/mol. The molecule has 0 bridgehead atoms. The van der Waals surface area contributed by atoms with E-state index in [9.17, 15) is 12.6 Å². The minimum absolute atomic E-state index is 0.0649. The van der Waals surface area contributed by atoms with Crippen LogP contribution in [0.2, 0.25) is 0 Å². The van der Waals surface area contributed by atoms with Crippen LogP contribution in [0.5, 0.6) is 0 Å². The molecule has 3 atom stereocenters. The fourth-order valence-corrected chi connectivity index (χ4v) is 4.37. The second-order valence-electron chi connectivity index (χ2n) is 4.86. The van der Waals surface area contributed by atoms with Crippen LogP contribution in [0, 0.1) is 6.92 Å². The Morgan fingerprint density at radius 1 is 1.26 bits per heavy atom. The lowest BCUT2D eigenvalue weighted by molar-refractivity contribution is 0.602. The summed E-state index contributed by atoms with van der Waals surface area (Å²) in [7, 11) is -4.33. The zero-order chi connectivity index (χ0) is 14.6. The molecule has 0 heterocycles. The van der Waals surface area contributed by atoms with Gasteiger partial charge < -0.3 is 5.73 Å². The number of hydrogen-bond acceptors (Lipinski definition) is 4. The molecule has 6 heteroatoms. The van der Waals surface area contributed by atoms with Crippen LogP contribution in [0.3, 0.4) is 0 Å². The Morgan fingerprint density at radius 2 is 1.79 bits per heavy atom. The number of sulfone groups is 1. The van der Waals surface area contributed by atoms with Crippen molar-refractivity contribution >= 4 is 20.6 Å². The van der Waals surface area contributed by atoms with Crippen LogP contribution in [-0.4, -0.2) is 35.6 Å². The molecule has 3 unspecified atom stereocenters. The van der Waals surface area contributed by atoms with E-state index in [1.54, 1.807) is 6.92 Å². The first-order valence-electron chi connectivity index (χ1n) is 6.08. The average Bonchev–Trinajstić information content (AvgIpc) is 2.34. The van der Waals surface area contributed by atoms with Gasteiger partial charge in [-0.2, -0.15) is 0 Å². The Morgan fingerprint density at radius 3 is 2.26 bits per heavy atom. The van der Waals surface area contributed by atoms with Gasteiger partial charge in [0.2, 0.25) is 0 Å². The van der Waals surface area contributed by atoms with Crippen molar-refractivity contribution in [2.45, 2.75) is 25.1 Å². The van der Waals surface area contributed by atoms with E-state index in [2.05, 4.69) is 0 Å². The van der Waals surface area contributed by atoms with Gasteiger partial charge in [0.05, 0.1) is 11.0 Å². The smallest absolute Gasteiger partial charge is 0.148 e. The van der Waals surface area contributed by atoms with Crippen molar-refractivity contribution in [3.63, 3.8) is 0 Å². The van der Waals surface area contributed by atoms with E-state index < -0.39 is 20.6 Å². The monoisotopic (exact) mass is 303 g/mol. The van der Waals surface area contributed by atoms with Crippen molar-refractivity contribution in [1.29, 1.82) is 0 Å². The summed E-state index contributed by atoms with van der Waals surface area (Å²) in [6.45, 7) is 3.78. The van der Waals surface area contributed by atoms with Crippen LogP contribution < -0.4 is 5.73 Å². The standard InChI is InChI=1S/C13H21NO3S2/c1-10-4-6-12(7-5-10)13(14)11(2)18(15)8-9-19(3,16)17/h4-7,11,13H,8-9,14H2,1-3H3. The number of aryl methyl sites for hydroxylation is 1. The molecule has 0 amide bonds. The molecule has 0 spiro atoms. The summed E-state index contributed by atoms with van der Waals surface area (Å²) in [4.78, 5) is 0. The van der Waals surface area contributed by atoms with Crippen LogP contribution in [0.15, 0.2) is 24.3 Å². The van der Waals surface area contributed by atoms with Crippen molar-refractivity contribution in [2.75, 3.05) is 17.8 Å². The Labute approximate surface area is 117 Å². The summed E-state index contributed by atoms with van der Waals surface area (Å²) >= 11 is 0. The Balaban J connectivity index is 2.68. The lowest BCUT2D eigenvalue weighted by atomic mass is 10.0. The number of rotatable bonds is 6. The molecule has 0 fully saturated rings. The van der Waals surface area contributed by atoms with Gasteiger partial charge in [0.15, 0.2) is 0 Å². The molecule has 4 nitrogen and oxygen atoms in total. The summed E-state index contributed by atoms with van der Waals surface area (Å²) in [6, 6.07) is 7.41. The van der Waals surface area contributed by atoms with Crippen LogP contribution >= 0.6 is 0 Å². The number of nitrogens with two attached hydrogens (primary N) is 1. The fourth-order valence-electron chi connectivity index (χ4n) is 1.64. The molecule has 1 aromatic rings.